The summed E-state index contributed by atoms with van der Waals surface area (Å²) in [6.45, 7) is 3.69. The van der Waals surface area contributed by atoms with Crippen molar-refractivity contribution < 1.29 is 9.53 Å². The molecule has 2 rings (SSSR count). The summed E-state index contributed by atoms with van der Waals surface area (Å²) in [5.74, 6) is 0.407. The zero-order chi connectivity index (χ0) is 15.4. The van der Waals surface area contributed by atoms with E-state index in [2.05, 4.69) is 21.2 Å². The van der Waals surface area contributed by atoms with Crippen molar-refractivity contribution >= 4 is 39.1 Å². The third-order valence-electron chi connectivity index (χ3n) is 2.89. The van der Waals surface area contributed by atoms with Gasteiger partial charge in [0.2, 0.25) is 0 Å². The number of halogens is 2. The van der Waals surface area contributed by atoms with E-state index >= 15 is 0 Å². The topological polar surface area (TPSA) is 38.3 Å². The molecule has 0 fully saturated rings. The van der Waals surface area contributed by atoms with Crippen molar-refractivity contribution in [1.29, 1.82) is 0 Å². The van der Waals surface area contributed by atoms with E-state index in [0.29, 0.717) is 16.5 Å². The Morgan fingerprint density at radius 2 is 1.90 bits per heavy atom. The molecular formula is C16H15BrClNO2. The maximum absolute atomic E-state index is 12.1. The molecule has 0 heterocycles. The van der Waals surface area contributed by atoms with Crippen LogP contribution in [0.25, 0.3) is 0 Å². The van der Waals surface area contributed by atoms with Gasteiger partial charge in [0.1, 0.15) is 5.75 Å². The summed E-state index contributed by atoms with van der Waals surface area (Å²) in [6.07, 6.45) is -0.618. The first kappa shape index (κ1) is 15.9. The highest BCUT2D eigenvalue weighted by Gasteiger charge is 2.16. The summed E-state index contributed by atoms with van der Waals surface area (Å²) in [5, 5.41) is 3.22. The fourth-order valence-electron chi connectivity index (χ4n) is 1.70. The van der Waals surface area contributed by atoms with Crippen LogP contribution in [0.1, 0.15) is 12.5 Å². The molecule has 0 aliphatic heterocycles. The van der Waals surface area contributed by atoms with Crippen LogP contribution in [0.3, 0.4) is 0 Å². The molecule has 0 aliphatic rings. The fourth-order valence-corrected chi connectivity index (χ4v) is 2.42. The molecule has 0 aromatic heterocycles. The van der Waals surface area contributed by atoms with Crippen molar-refractivity contribution in [2.75, 3.05) is 5.32 Å². The van der Waals surface area contributed by atoms with Crippen LogP contribution in [0.2, 0.25) is 5.02 Å². The van der Waals surface area contributed by atoms with Crippen LogP contribution in [0.4, 0.5) is 5.69 Å². The van der Waals surface area contributed by atoms with Crippen molar-refractivity contribution in [3.63, 3.8) is 0 Å². The van der Waals surface area contributed by atoms with Crippen LogP contribution in [0.15, 0.2) is 46.9 Å². The number of anilines is 1. The Balaban J connectivity index is 2.00. The van der Waals surface area contributed by atoms with E-state index in [9.17, 15) is 4.79 Å². The molecule has 1 N–H and O–H groups in total. The van der Waals surface area contributed by atoms with Crippen molar-refractivity contribution in [1.82, 2.24) is 0 Å². The van der Waals surface area contributed by atoms with Gasteiger partial charge in [-0.05, 0) is 44.2 Å². The number of nitrogens with one attached hydrogen (secondary N) is 1. The van der Waals surface area contributed by atoms with Gasteiger partial charge in [0.25, 0.3) is 5.91 Å². The smallest absolute Gasteiger partial charge is 0.265 e. The minimum atomic E-state index is -0.618. The molecule has 1 unspecified atom stereocenters. The molecule has 0 bridgehead atoms. The molecular weight excluding hydrogens is 354 g/mol. The second-order valence-electron chi connectivity index (χ2n) is 4.69. The van der Waals surface area contributed by atoms with E-state index in [-0.39, 0.29) is 5.91 Å². The second-order valence-corrected chi connectivity index (χ2v) is 6.01. The molecule has 5 heteroatoms. The number of rotatable bonds is 4. The lowest BCUT2D eigenvalue weighted by Gasteiger charge is -2.15. The summed E-state index contributed by atoms with van der Waals surface area (Å²) >= 11 is 9.39. The Morgan fingerprint density at radius 3 is 2.52 bits per heavy atom. The van der Waals surface area contributed by atoms with Crippen LogP contribution in [0.5, 0.6) is 5.75 Å². The molecule has 3 nitrogen and oxygen atoms in total. The molecule has 0 saturated carbocycles. The number of hydrogen-bond acceptors (Lipinski definition) is 2. The zero-order valence-electron chi connectivity index (χ0n) is 11.7. The van der Waals surface area contributed by atoms with Crippen molar-refractivity contribution in [2.45, 2.75) is 20.0 Å². The average molecular weight is 369 g/mol. The number of benzene rings is 2. The zero-order valence-corrected chi connectivity index (χ0v) is 14.0. The van der Waals surface area contributed by atoms with Gasteiger partial charge in [-0.3, -0.25) is 4.79 Å². The predicted octanol–water partition coefficient (Wildman–Crippen LogP) is 4.82. The van der Waals surface area contributed by atoms with Gasteiger partial charge in [-0.15, -0.1) is 0 Å². The highest BCUT2D eigenvalue weighted by Crippen LogP contribution is 2.26. The van der Waals surface area contributed by atoms with Gasteiger partial charge < -0.3 is 10.1 Å². The number of amides is 1. The minimum absolute atomic E-state index is 0.250. The quantitative estimate of drug-likeness (QED) is 0.840. The molecule has 2 aromatic carbocycles. The van der Waals surface area contributed by atoms with Gasteiger partial charge in [0, 0.05) is 4.47 Å². The SMILES string of the molecule is Cc1ccc(OC(C)C(=O)Nc2ccc(Br)cc2Cl)cc1. The summed E-state index contributed by atoms with van der Waals surface area (Å²) in [6, 6.07) is 12.8. The molecule has 1 amide bonds. The molecule has 1 atom stereocenters. The largest absolute Gasteiger partial charge is 0.481 e. The molecule has 0 spiro atoms. The van der Waals surface area contributed by atoms with E-state index < -0.39 is 6.10 Å². The van der Waals surface area contributed by atoms with Crippen LogP contribution in [0, 0.1) is 6.92 Å². The monoisotopic (exact) mass is 367 g/mol. The Bertz CT molecular complexity index is 643. The number of ether oxygens (including phenoxy) is 1. The van der Waals surface area contributed by atoms with Crippen LogP contribution < -0.4 is 10.1 Å². The van der Waals surface area contributed by atoms with E-state index in [0.717, 1.165) is 10.0 Å². The maximum atomic E-state index is 12.1. The number of aryl methyl sites for hydroxylation is 1. The van der Waals surface area contributed by atoms with E-state index in [1.165, 1.54) is 0 Å². The summed E-state index contributed by atoms with van der Waals surface area (Å²) in [4.78, 5) is 12.1. The first-order valence-electron chi connectivity index (χ1n) is 6.45. The van der Waals surface area contributed by atoms with Gasteiger partial charge in [0.15, 0.2) is 6.10 Å². The number of carbonyl (C=O) groups is 1. The van der Waals surface area contributed by atoms with Gasteiger partial charge in [0.05, 0.1) is 10.7 Å². The standard InChI is InChI=1S/C16H15BrClNO2/c1-10-3-6-13(7-4-10)21-11(2)16(20)19-15-8-5-12(17)9-14(15)18/h3-9,11H,1-2H3,(H,19,20). The third kappa shape index (κ3) is 4.48. The van der Waals surface area contributed by atoms with Crippen LogP contribution >= 0.6 is 27.5 Å². The predicted molar refractivity (Wildman–Crippen MR) is 89.1 cm³/mol. The van der Waals surface area contributed by atoms with Crippen LogP contribution in [-0.2, 0) is 4.79 Å². The molecule has 0 saturated heterocycles. The van der Waals surface area contributed by atoms with Gasteiger partial charge in [-0.25, -0.2) is 0 Å². The fraction of sp³-hybridized carbons (Fsp3) is 0.188. The maximum Gasteiger partial charge on any atom is 0.265 e. The van der Waals surface area contributed by atoms with Gasteiger partial charge in [-0.1, -0.05) is 45.2 Å². The van der Waals surface area contributed by atoms with Crippen LogP contribution in [-0.4, -0.2) is 12.0 Å². The number of carbonyl (C=O) groups excluding carboxylic acids is 1. The van der Waals surface area contributed by atoms with E-state index in [4.69, 9.17) is 16.3 Å². The first-order valence-corrected chi connectivity index (χ1v) is 7.62. The summed E-state index contributed by atoms with van der Waals surface area (Å²) in [5.41, 5.74) is 1.70. The Kier molecular flexibility index (Phi) is 5.26. The van der Waals surface area contributed by atoms with Crippen molar-refractivity contribution in [3.05, 3.63) is 57.5 Å². The Morgan fingerprint density at radius 1 is 1.24 bits per heavy atom. The van der Waals surface area contributed by atoms with Gasteiger partial charge >= 0.3 is 0 Å². The average Bonchev–Trinajstić information content (AvgIpc) is 2.44. The third-order valence-corrected chi connectivity index (χ3v) is 3.70. The highest BCUT2D eigenvalue weighted by atomic mass is 79.9. The van der Waals surface area contributed by atoms with E-state index in [1.807, 2.05) is 37.3 Å². The van der Waals surface area contributed by atoms with E-state index in [1.54, 1.807) is 19.1 Å². The minimum Gasteiger partial charge on any atom is -0.481 e. The first-order chi connectivity index (χ1) is 9.95. The van der Waals surface area contributed by atoms with Crippen molar-refractivity contribution in [3.8, 4) is 5.75 Å². The van der Waals surface area contributed by atoms with Crippen molar-refractivity contribution in [2.24, 2.45) is 0 Å². The second kappa shape index (κ2) is 6.96. The Labute approximate surface area is 137 Å². The molecule has 0 aliphatic carbocycles. The molecule has 21 heavy (non-hydrogen) atoms. The molecule has 0 radical (unpaired) electrons. The molecule has 2 aromatic rings. The normalized spacial score (nSPS) is 11.8. The summed E-state index contributed by atoms with van der Waals surface area (Å²) < 4.78 is 6.46. The molecule has 110 valence electrons. The number of hydrogen-bond donors (Lipinski definition) is 1. The van der Waals surface area contributed by atoms with Gasteiger partial charge in [-0.2, -0.15) is 0 Å². The lowest BCUT2D eigenvalue weighted by Crippen LogP contribution is -2.30. The lowest BCUT2D eigenvalue weighted by atomic mass is 10.2. The highest BCUT2D eigenvalue weighted by molar-refractivity contribution is 9.10. The lowest BCUT2D eigenvalue weighted by molar-refractivity contribution is -0.122. The summed E-state index contributed by atoms with van der Waals surface area (Å²) in [7, 11) is 0. The Hall–Kier alpha value is -1.52.